The molecule has 0 unspecified atom stereocenters. The van der Waals surface area contributed by atoms with E-state index in [1.807, 2.05) is 0 Å². The summed E-state index contributed by atoms with van der Waals surface area (Å²) in [6, 6.07) is 0. The Hall–Kier alpha value is -0.970. The van der Waals surface area contributed by atoms with E-state index in [4.69, 9.17) is 0 Å². The third-order valence-electron chi connectivity index (χ3n) is 2.58. The van der Waals surface area contributed by atoms with Crippen LogP contribution in [0.5, 0.6) is 0 Å². The number of hydrogen-bond acceptors (Lipinski definition) is 4. The van der Waals surface area contributed by atoms with Crippen LogP contribution in [0.3, 0.4) is 0 Å². The highest BCUT2D eigenvalue weighted by Crippen LogP contribution is 2.25. The lowest BCUT2D eigenvalue weighted by Crippen LogP contribution is -2.24. The smallest absolute Gasteiger partial charge is 0.228 e. The van der Waals surface area contributed by atoms with Crippen LogP contribution in [0.25, 0.3) is 0 Å². The summed E-state index contributed by atoms with van der Waals surface area (Å²) >= 11 is 1.22. The summed E-state index contributed by atoms with van der Waals surface area (Å²) in [6.45, 7) is 0. The molecule has 0 saturated heterocycles. The molecule has 1 aromatic rings. The number of carbonyl (C=O) groups is 1. The molecule has 76 valence electrons. The summed E-state index contributed by atoms with van der Waals surface area (Å²) in [4.78, 5) is 11.7. The van der Waals surface area contributed by atoms with Gasteiger partial charge in [0.15, 0.2) is 0 Å². The van der Waals surface area contributed by atoms with E-state index in [1.54, 1.807) is 6.20 Å². The SMILES string of the molecule is O=C(Nc1cnns1)C1CCCCC1. The van der Waals surface area contributed by atoms with Gasteiger partial charge in [0.05, 0.1) is 6.20 Å². The molecular formula is C9H13N3OS. The summed E-state index contributed by atoms with van der Waals surface area (Å²) < 4.78 is 3.70. The number of rotatable bonds is 2. The van der Waals surface area contributed by atoms with Gasteiger partial charge in [0.1, 0.15) is 5.00 Å². The van der Waals surface area contributed by atoms with Crippen molar-refractivity contribution in [1.82, 2.24) is 9.59 Å². The van der Waals surface area contributed by atoms with Crippen LogP contribution in [0.15, 0.2) is 6.20 Å². The van der Waals surface area contributed by atoms with Crippen LogP contribution in [-0.2, 0) is 4.79 Å². The molecule has 1 fully saturated rings. The summed E-state index contributed by atoms with van der Waals surface area (Å²) in [5, 5.41) is 7.27. The fraction of sp³-hybridized carbons (Fsp3) is 0.667. The molecule has 0 radical (unpaired) electrons. The molecule has 2 rings (SSSR count). The number of anilines is 1. The Kier molecular flexibility index (Phi) is 3.08. The second-order valence-corrected chi connectivity index (χ2v) is 4.39. The molecule has 1 heterocycles. The minimum Gasteiger partial charge on any atom is -0.315 e. The van der Waals surface area contributed by atoms with E-state index in [0.717, 1.165) is 17.8 Å². The first-order chi connectivity index (χ1) is 6.86. The second-order valence-electron chi connectivity index (χ2n) is 3.61. The molecule has 1 aromatic heterocycles. The van der Waals surface area contributed by atoms with Gasteiger partial charge in [-0.15, -0.1) is 5.10 Å². The van der Waals surface area contributed by atoms with Gasteiger partial charge in [0.2, 0.25) is 5.91 Å². The minimum absolute atomic E-state index is 0.135. The molecule has 1 amide bonds. The highest BCUT2D eigenvalue weighted by molar-refractivity contribution is 7.10. The van der Waals surface area contributed by atoms with Crippen molar-refractivity contribution in [3.8, 4) is 0 Å². The van der Waals surface area contributed by atoms with Crippen LogP contribution >= 0.6 is 11.5 Å². The summed E-state index contributed by atoms with van der Waals surface area (Å²) in [5.74, 6) is 0.335. The van der Waals surface area contributed by atoms with Crippen LogP contribution in [0, 0.1) is 5.92 Å². The standard InChI is InChI=1S/C9H13N3OS/c13-9(7-4-2-1-3-5-7)11-8-6-10-12-14-8/h6-7H,1-5H2,(H,11,13). The zero-order chi connectivity index (χ0) is 9.80. The zero-order valence-corrected chi connectivity index (χ0v) is 8.72. The zero-order valence-electron chi connectivity index (χ0n) is 7.90. The molecule has 0 spiro atoms. The van der Waals surface area contributed by atoms with Gasteiger partial charge in [-0.1, -0.05) is 23.8 Å². The molecule has 0 aliphatic heterocycles. The quantitative estimate of drug-likeness (QED) is 0.814. The number of nitrogens with one attached hydrogen (secondary N) is 1. The Balaban J connectivity index is 1.88. The Morgan fingerprint density at radius 3 is 2.86 bits per heavy atom. The van der Waals surface area contributed by atoms with Crippen molar-refractivity contribution < 1.29 is 4.79 Å². The molecule has 1 N–H and O–H groups in total. The van der Waals surface area contributed by atoms with Gasteiger partial charge in [-0.3, -0.25) is 4.79 Å². The normalized spacial score (nSPS) is 18.0. The number of aromatic nitrogens is 2. The van der Waals surface area contributed by atoms with E-state index < -0.39 is 0 Å². The Bertz CT molecular complexity index is 293. The van der Waals surface area contributed by atoms with Crippen molar-refractivity contribution in [3.05, 3.63) is 6.20 Å². The van der Waals surface area contributed by atoms with Crippen molar-refractivity contribution in [1.29, 1.82) is 0 Å². The Labute approximate surface area is 86.9 Å². The van der Waals surface area contributed by atoms with Crippen LogP contribution in [0.1, 0.15) is 32.1 Å². The van der Waals surface area contributed by atoms with E-state index in [2.05, 4.69) is 14.9 Å². The average Bonchev–Trinajstić information content (AvgIpc) is 2.72. The van der Waals surface area contributed by atoms with Gasteiger partial charge in [-0.25, -0.2) is 0 Å². The lowest BCUT2D eigenvalue weighted by molar-refractivity contribution is -0.120. The first kappa shape index (κ1) is 9.58. The average molecular weight is 211 g/mol. The maximum Gasteiger partial charge on any atom is 0.228 e. The third kappa shape index (κ3) is 2.29. The molecule has 0 atom stereocenters. The van der Waals surface area contributed by atoms with Gasteiger partial charge >= 0.3 is 0 Å². The number of nitrogens with zero attached hydrogens (tertiary/aromatic N) is 2. The molecular weight excluding hydrogens is 198 g/mol. The van der Waals surface area contributed by atoms with Gasteiger partial charge in [0.25, 0.3) is 0 Å². The van der Waals surface area contributed by atoms with E-state index >= 15 is 0 Å². The first-order valence-corrected chi connectivity index (χ1v) is 5.72. The summed E-state index contributed by atoms with van der Waals surface area (Å²) in [5.41, 5.74) is 0. The Morgan fingerprint density at radius 1 is 1.43 bits per heavy atom. The lowest BCUT2D eigenvalue weighted by Gasteiger charge is -2.19. The molecule has 1 aliphatic rings. The van der Waals surface area contributed by atoms with E-state index in [-0.39, 0.29) is 11.8 Å². The van der Waals surface area contributed by atoms with Crippen LogP contribution in [-0.4, -0.2) is 15.5 Å². The van der Waals surface area contributed by atoms with E-state index in [9.17, 15) is 4.79 Å². The Morgan fingerprint density at radius 2 is 2.21 bits per heavy atom. The van der Waals surface area contributed by atoms with E-state index in [1.165, 1.54) is 30.8 Å². The van der Waals surface area contributed by atoms with Crippen molar-refractivity contribution in [3.63, 3.8) is 0 Å². The topological polar surface area (TPSA) is 54.9 Å². The second kappa shape index (κ2) is 4.50. The highest BCUT2D eigenvalue weighted by Gasteiger charge is 2.21. The maximum absolute atomic E-state index is 11.7. The molecule has 14 heavy (non-hydrogen) atoms. The molecule has 0 bridgehead atoms. The van der Waals surface area contributed by atoms with Crippen molar-refractivity contribution >= 4 is 22.4 Å². The first-order valence-electron chi connectivity index (χ1n) is 4.94. The van der Waals surface area contributed by atoms with Gasteiger partial charge in [0, 0.05) is 17.5 Å². The molecule has 5 heteroatoms. The molecule has 1 aliphatic carbocycles. The van der Waals surface area contributed by atoms with Gasteiger partial charge in [-0.05, 0) is 12.8 Å². The molecule has 4 nitrogen and oxygen atoms in total. The van der Waals surface area contributed by atoms with Crippen molar-refractivity contribution in [2.45, 2.75) is 32.1 Å². The molecule has 1 saturated carbocycles. The summed E-state index contributed by atoms with van der Waals surface area (Å²) in [7, 11) is 0. The third-order valence-corrected chi connectivity index (χ3v) is 3.16. The predicted octanol–water partition coefficient (Wildman–Crippen LogP) is 2.06. The highest BCUT2D eigenvalue weighted by atomic mass is 32.1. The predicted molar refractivity (Wildman–Crippen MR) is 55.1 cm³/mol. The van der Waals surface area contributed by atoms with Crippen molar-refractivity contribution in [2.75, 3.05) is 5.32 Å². The van der Waals surface area contributed by atoms with Crippen LogP contribution in [0.2, 0.25) is 0 Å². The fourth-order valence-corrected chi connectivity index (χ4v) is 2.23. The number of amides is 1. The maximum atomic E-state index is 11.7. The molecule has 0 aromatic carbocycles. The number of hydrogen-bond donors (Lipinski definition) is 1. The summed E-state index contributed by atoms with van der Waals surface area (Å²) in [6.07, 6.45) is 7.27. The van der Waals surface area contributed by atoms with Crippen LogP contribution in [0.4, 0.5) is 5.00 Å². The number of carbonyl (C=O) groups excluding carboxylic acids is 1. The van der Waals surface area contributed by atoms with Gasteiger partial charge in [-0.2, -0.15) is 0 Å². The monoisotopic (exact) mass is 211 g/mol. The van der Waals surface area contributed by atoms with Gasteiger partial charge < -0.3 is 5.32 Å². The fourth-order valence-electron chi connectivity index (χ4n) is 1.81. The minimum atomic E-state index is 0.135. The lowest BCUT2D eigenvalue weighted by atomic mass is 9.89. The largest absolute Gasteiger partial charge is 0.315 e. The van der Waals surface area contributed by atoms with Crippen molar-refractivity contribution in [2.24, 2.45) is 5.92 Å². The van der Waals surface area contributed by atoms with E-state index in [0.29, 0.717) is 0 Å². The van der Waals surface area contributed by atoms with Crippen LogP contribution < -0.4 is 5.32 Å².